The van der Waals surface area contributed by atoms with Gasteiger partial charge in [-0.15, -0.1) is 0 Å². The molecule has 2 aromatic carbocycles. The fourth-order valence-corrected chi connectivity index (χ4v) is 9.24. The van der Waals surface area contributed by atoms with E-state index in [1.165, 1.54) is 27.1 Å². The van der Waals surface area contributed by atoms with Crippen LogP contribution < -0.4 is 15.8 Å². The molecule has 3 unspecified atom stereocenters. The van der Waals surface area contributed by atoms with Crippen LogP contribution in [0.2, 0.25) is 10.0 Å². The lowest BCUT2D eigenvalue weighted by Gasteiger charge is -2.39. The molecule has 2 aliphatic carbocycles. The molecule has 2 saturated carbocycles. The minimum absolute atomic E-state index is 0.0895. The second kappa shape index (κ2) is 15.8. The van der Waals surface area contributed by atoms with Gasteiger partial charge in [0, 0.05) is 65.3 Å². The molecule has 268 valence electrons. The number of rotatable bonds is 10. The van der Waals surface area contributed by atoms with Gasteiger partial charge in [-0.1, -0.05) is 47.5 Å². The molecule has 1 saturated heterocycles. The summed E-state index contributed by atoms with van der Waals surface area (Å²) in [7, 11) is 4.16. The van der Waals surface area contributed by atoms with Gasteiger partial charge in [0.25, 0.3) is 0 Å². The number of amides is 1. The summed E-state index contributed by atoms with van der Waals surface area (Å²) in [6.07, 6.45) is 5.33. The standard InChI is InChI=1S/C38H46Cl2N4O6/c1-48-31-10-5-4-7-22(31)11-12-29-34(37(46)49-2)36(33-27(39)8-6-9-28(33)40)35(38(47)50-3)30(42-29)21-32(45)44-15-13-43(14-16-44)26-19-23-17-25(41)18-24(23)20-26/h4-10,23-26,36,42H,11-21,41H2,1-3H3. The van der Waals surface area contributed by atoms with E-state index in [1.54, 1.807) is 25.3 Å². The van der Waals surface area contributed by atoms with Crippen LogP contribution >= 0.6 is 23.2 Å². The minimum Gasteiger partial charge on any atom is -0.496 e. The van der Waals surface area contributed by atoms with Crippen LogP contribution in [0.4, 0.5) is 0 Å². The maximum absolute atomic E-state index is 14.1. The van der Waals surface area contributed by atoms with E-state index in [-0.39, 0.29) is 33.5 Å². The number of carbonyl (C=O) groups is 3. The second-order valence-corrected chi connectivity index (χ2v) is 14.6. The van der Waals surface area contributed by atoms with Gasteiger partial charge in [0.15, 0.2) is 0 Å². The molecule has 3 atom stereocenters. The Balaban J connectivity index is 1.30. The van der Waals surface area contributed by atoms with Crippen molar-refractivity contribution < 1.29 is 28.6 Å². The lowest BCUT2D eigenvalue weighted by atomic mass is 9.78. The molecule has 2 heterocycles. The largest absolute Gasteiger partial charge is 0.496 e. The number of benzene rings is 2. The number of carbonyl (C=O) groups excluding carboxylic acids is 3. The van der Waals surface area contributed by atoms with E-state index in [1.807, 2.05) is 29.2 Å². The summed E-state index contributed by atoms with van der Waals surface area (Å²) in [6.45, 7) is 2.78. The molecule has 4 aliphatic rings. The third-order valence-corrected chi connectivity index (χ3v) is 11.7. The molecule has 1 amide bonds. The fraction of sp³-hybridized carbons (Fsp3) is 0.500. The predicted octanol–water partition coefficient (Wildman–Crippen LogP) is 5.23. The Kier molecular flexibility index (Phi) is 11.4. The van der Waals surface area contributed by atoms with E-state index in [0.29, 0.717) is 60.7 Å². The van der Waals surface area contributed by atoms with Crippen molar-refractivity contribution in [1.29, 1.82) is 0 Å². The molecule has 3 N–H and O–H groups in total. The number of fused-ring (bicyclic) bond motifs is 1. The van der Waals surface area contributed by atoms with Crippen molar-refractivity contribution in [3.05, 3.63) is 86.2 Å². The van der Waals surface area contributed by atoms with Gasteiger partial charge in [-0.25, -0.2) is 9.59 Å². The topological polar surface area (TPSA) is 123 Å². The monoisotopic (exact) mass is 724 g/mol. The van der Waals surface area contributed by atoms with Crippen molar-refractivity contribution in [1.82, 2.24) is 15.1 Å². The molecule has 2 aromatic rings. The van der Waals surface area contributed by atoms with Gasteiger partial charge in [0.05, 0.1) is 44.8 Å². The fourth-order valence-electron chi connectivity index (χ4n) is 8.62. The molecular formula is C38H46Cl2N4O6. The van der Waals surface area contributed by atoms with E-state index in [0.717, 1.165) is 43.3 Å². The minimum atomic E-state index is -1.06. The number of esters is 2. The van der Waals surface area contributed by atoms with Crippen LogP contribution in [0.3, 0.4) is 0 Å². The zero-order valence-corrected chi connectivity index (χ0v) is 30.4. The number of hydrogen-bond donors (Lipinski definition) is 2. The number of hydrogen-bond acceptors (Lipinski definition) is 9. The Hall–Kier alpha value is -3.57. The molecule has 0 aromatic heterocycles. The number of aryl methyl sites for hydroxylation is 1. The molecule has 3 fully saturated rings. The first-order valence-electron chi connectivity index (χ1n) is 17.4. The van der Waals surface area contributed by atoms with Gasteiger partial charge in [-0.3, -0.25) is 9.69 Å². The van der Waals surface area contributed by atoms with Crippen LogP contribution in [-0.4, -0.2) is 87.2 Å². The Labute approximate surface area is 303 Å². The molecule has 6 rings (SSSR count). The maximum atomic E-state index is 14.1. The van der Waals surface area contributed by atoms with Gasteiger partial charge in [0.1, 0.15) is 5.75 Å². The number of nitrogens with zero attached hydrogens (tertiary/aromatic N) is 2. The number of methoxy groups -OCH3 is 3. The summed E-state index contributed by atoms with van der Waals surface area (Å²) >= 11 is 13.5. The molecule has 50 heavy (non-hydrogen) atoms. The van der Waals surface area contributed by atoms with Crippen molar-refractivity contribution in [2.45, 2.75) is 62.9 Å². The Morgan fingerprint density at radius 2 is 1.40 bits per heavy atom. The lowest BCUT2D eigenvalue weighted by Crippen LogP contribution is -2.52. The van der Waals surface area contributed by atoms with Crippen molar-refractivity contribution in [2.24, 2.45) is 17.6 Å². The summed E-state index contributed by atoms with van der Waals surface area (Å²) in [5, 5.41) is 3.86. The van der Waals surface area contributed by atoms with Crippen molar-refractivity contribution in [3.63, 3.8) is 0 Å². The van der Waals surface area contributed by atoms with Crippen LogP contribution in [0.1, 0.15) is 55.6 Å². The SMILES string of the molecule is COC(=O)C1=C(CCc2ccccc2OC)NC(CC(=O)N2CCN(C3CC4CC(N)CC4C3)CC2)=C(C(=O)OC)C1c1c(Cl)cccc1Cl. The van der Waals surface area contributed by atoms with Crippen LogP contribution in [0.15, 0.2) is 65.0 Å². The van der Waals surface area contributed by atoms with E-state index in [4.69, 9.17) is 43.1 Å². The van der Waals surface area contributed by atoms with Gasteiger partial charge < -0.3 is 30.2 Å². The first kappa shape index (κ1) is 36.2. The van der Waals surface area contributed by atoms with Gasteiger partial charge in [-0.2, -0.15) is 0 Å². The summed E-state index contributed by atoms with van der Waals surface area (Å²) in [5.74, 6) is -0.404. The lowest BCUT2D eigenvalue weighted by molar-refractivity contribution is -0.137. The number of piperazine rings is 1. The average Bonchev–Trinajstić information content (AvgIpc) is 3.67. The summed E-state index contributed by atoms with van der Waals surface area (Å²) in [4.78, 5) is 45.8. The van der Waals surface area contributed by atoms with E-state index in [9.17, 15) is 14.4 Å². The highest BCUT2D eigenvalue weighted by atomic mass is 35.5. The summed E-state index contributed by atoms with van der Waals surface area (Å²) in [5.41, 5.74) is 8.60. The predicted molar refractivity (Wildman–Crippen MR) is 192 cm³/mol. The third kappa shape index (κ3) is 7.40. The molecule has 2 aliphatic heterocycles. The first-order chi connectivity index (χ1) is 24.1. The summed E-state index contributed by atoms with van der Waals surface area (Å²) < 4.78 is 16.2. The van der Waals surface area contributed by atoms with Crippen LogP contribution in [-0.2, 0) is 30.3 Å². The third-order valence-electron chi connectivity index (χ3n) is 11.0. The number of dihydropyridines is 1. The average molecular weight is 726 g/mol. The first-order valence-corrected chi connectivity index (χ1v) is 18.1. The number of ether oxygens (including phenoxy) is 3. The van der Waals surface area contributed by atoms with Crippen molar-refractivity contribution >= 4 is 41.0 Å². The van der Waals surface area contributed by atoms with Gasteiger partial charge in [-0.05, 0) is 74.1 Å². The number of nitrogens with one attached hydrogen (secondary N) is 1. The zero-order chi connectivity index (χ0) is 35.5. The van der Waals surface area contributed by atoms with E-state index in [2.05, 4.69) is 10.2 Å². The van der Waals surface area contributed by atoms with Crippen LogP contribution in [0.25, 0.3) is 0 Å². The van der Waals surface area contributed by atoms with Crippen molar-refractivity contribution in [3.8, 4) is 5.75 Å². The molecule has 0 radical (unpaired) electrons. The molecule has 0 bridgehead atoms. The number of allylic oxidation sites excluding steroid dienone is 1. The molecule has 0 spiro atoms. The Morgan fingerprint density at radius 3 is 2.00 bits per heavy atom. The van der Waals surface area contributed by atoms with Crippen LogP contribution in [0, 0.1) is 11.8 Å². The number of halogens is 2. The second-order valence-electron chi connectivity index (χ2n) is 13.7. The van der Waals surface area contributed by atoms with E-state index >= 15 is 0 Å². The Morgan fingerprint density at radius 1 is 0.800 bits per heavy atom. The normalized spacial score (nSPS) is 25.3. The number of para-hydroxylation sites is 1. The highest BCUT2D eigenvalue weighted by Gasteiger charge is 2.44. The quantitative estimate of drug-likeness (QED) is 0.318. The van der Waals surface area contributed by atoms with Crippen LogP contribution in [0.5, 0.6) is 5.75 Å². The van der Waals surface area contributed by atoms with Crippen molar-refractivity contribution in [2.75, 3.05) is 47.5 Å². The highest BCUT2D eigenvalue weighted by Crippen LogP contribution is 2.47. The molecule has 12 heteroatoms. The maximum Gasteiger partial charge on any atom is 0.336 e. The van der Waals surface area contributed by atoms with Gasteiger partial charge in [0.2, 0.25) is 5.91 Å². The molecule has 10 nitrogen and oxygen atoms in total. The molecular weight excluding hydrogens is 679 g/mol. The van der Waals surface area contributed by atoms with E-state index < -0.39 is 17.9 Å². The number of nitrogens with two attached hydrogens (primary N) is 1. The zero-order valence-electron chi connectivity index (χ0n) is 28.9. The smallest absolute Gasteiger partial charge is 0.336 e. The van der Waals surface area contributed by atoms with Gasteiger partial charge >= 0.3 is 11.9 Å². The highest BCUT2D eigenvalue weighted by molar-refractivity contribution is 6.36. The summed E-state index contributed by atoms with van der Waals surface area (Å²) in [6, 6.07) is 13.5. The Bertz CT molecular complexity index is 1650.